The first-order valence-electron chi connectivity index (χ1n) is 10.1. The van der Waals surface area contributed by atoms with Crippen molar-refractivity contribution in [2.24, 2.45) is 22.7 Å². The van der Waals surface area contributed by atoms with Crippen LogP contribution in [0.25, 0.3) is 0 Å². The molecule has 148 valence electrons. The van der Waals surface area contributed by atoms with E-state index < -0.39 is 11.2 Å². The fourth-order valence-electron chi connectivity index (χ4n) is 6.64. The van der Waals surface area contributed by atoms with Crippen LogP contribution in [-0.2, 0) is 14.3 Å². The fourth-order valence-corrected chi connectivity index (χ4v) is 6.64. The van der Waals surface area contributed by atoms with Crippen molar-refractivity contribution in [3.8, 4) is 0 Å². The van der Waals surface area contributed by atoms with Crippen LogP contribution in [0.4, 0.5) is 0 Å². The average molecular weight is 365 g/mol. The molecule has 0 amide bonds. The monoisotopic (exact) mass is 364 g/mol. The Morgan fingerprint density at radius 1 is 1.15 bits per heavy atom. The summed E-state index contributed by atoms with van der Waals surface area (Å²) in [5, 5.41) is 10.7. The predicted octanol–water partition coefficient (Wildman–Crippen LogP) is 4.26. The molecule has 4 heteroatoms. The normalized spacial score (nSPS) is 50.3. The maximum atomic E-state index is 11.9. The van der Waals surface area contributed by atoms with Gasteiger partial charge in [-0.15, -0.1) is 6.58 Å². The van der Waals surface area contributed by atoms with Crippen LogP contribution in [0.1, 0.15) is 73.6 Å². The zero-order valence-electron chi connectivity index (χ0n) is 17.3. The van der Waals surface area contributed by atoms with Gasteiger partial charge in [-0.05, 0) is 68.6 Å². The molecule has 26 heavy (non-hydrogen) atoms. The number of aliphatic hydroxyl groups excluding tert-OH is 1. The van der Waals surface area contributed by atoms with E-state index in [9.17, 15) is 9.90 Å². The number of carbonyl (C=O) groups excluding carboxylic acids is 1. The van der Waals surface area contributed by atoms with Crippen molar-refractivity contribution >= 4 is 5.97 Å². The molecule has 0 aromatic carbocycles. The van der Waals surface area contributed by atoms with Gasteiger partial charge < -0.3 is 14.6 Å². The first-order chi connectivity index (χ1) is 11.9. The molecule has 0 unspecified atom stereocenters. The third-order valence-corrected chi connectivity index (χ3v) is 8.21. The molecule has 3 fully saturated rings. The van der Waals surface area contributed by atoms with Crippen LogP contribution in [0.2, 0.25) is 0 Å². The number of esters is 1. The number of carbonyl (C=O) groups is 1. The van der Waals surface area contributed by atoms with Crippen LogP contribution >= 0.6 is 0 Å². The summed E-state index contributed by atoms with van der Waals surface area (Å²) < 4.78 is 12.5. The van der Waals surface area contributed by atoms with Crippen molar-refractivity contribution in [1.29, 1.82) is 0 Å². The molecule has 0 aromatic rings. The lowest BCUT2D eigenvalue weighted by Gasteiger charge is -2.67. The molecule has 1 heterocycles. The average Bonchev–Trinajstić information content (AvgIpc) is 2.53. The van der Waals surface area contributed by atoms with Crippen molar-refractivity contribution in [3.63, 3.8) is 0 Å². The number of hydrogen-bond donors (Lipinski definition) is 1. The second-order valence-electron chi connectivity index (χ2n) is 10.2. The zero-order valence-corrected chi connectivity index (χ0v) is 17.3. The fraction of sp³-hybridized carbons (Fsp3) is 0.864. The highest BCUT2D eigenvalue weighted by Gasteiger charge is 2.67. The van der Waals surface area contributed by atoms with Crippen molar-refractivity contribution in [1.82, 2.24) is 0 Å². The molecule has 3 aliphatic rings. The minimum atomic E-state index is -0.531. The smallest absolute Gasteiger partial charge is 0.303 e. The molecule has 0 aromatic heterocycles. The molecule has 0 spiro atoms. The first kappa shape index (κ1) is 19.9. The van der Waals surface area contributed by atoms with Crippen LogP contribution < -0.4 is 0 Å². The molecule has 0 radical (unpaired) electrons. The topological polar surface area (TPSA) is 55.8 Å². The summed E-state index contributed by atoms with van der Waals surface area (Å²) >= 11 is 0. The van der Waals surface area contributed by atoms with E-state index in [0.717, 1.165) is 32.1 Å². The molecule has 0 bridgehead atoms. The number of hydrogen-bond acceptors (Lipinski definition) is 4. The van der Waals surface area contributed by atoms with Gasteiger partial charge in [-0.2, -0.15) is 0 Å². The second-order valence-corrected chi connectivity index (χ2v) is 10.2. The molecule has 4 nitrogen and oxygen atoms in total. The third kappa shape index (κ3) is 2.75. The summed E-state index contributed by atoms with van der Waals surface area (Å²) in [4.78, 5) is 11.9. The lowest BCUT2D eigenvalue weighted by Crippen LogP contribution is -2.69. The van der Waals surface area contributed by atoms with Gasteiger partial charge in [0.2, 0.25) is 0 Å². The lowest BCUT2D eigenvalue weighted by atomic mass is 9.43. The van der Waals surface area contributed by atoms with Crippen LogP contribution in [0.15, 0.2) is 12.7 Å². The highest BCUT2D eigenvalue weighted by Crippen LogP contribution is 2.66. The van der Waals surface area contributed by atoms with E-state index in [1.165, 1.54) is 6.92 Å². The summed E-state index contributed by atoms with van der Waals surface area (Å²) in [6.45, 7) is 16.4. The minimum absolute atomic E-state index is 0.0661. The van der Waals surface area contributed by atoms with E-state index >= 15 is 0 Å². The van der Waals surface area contributed by atoms with Crippen molar-refractivity contribution in [2.75, 3.05) is 0 Å². The number of rotatable bonds is 2. The molecular weight excluding hydrogens is 328 g/mol. The van der Waals surface area contributed by atoms with E-state index in [2.05, 4.69) is 41.2 Å². The van der Waals surface area contributed by atoms with Gasteiger partial charge in [-0.1, -0.05) is 26.8 Å². The number of ether oxygens (including phenoxy) is 2. The Kier molecular flexibility index (Phi) is 4.64. The first-order valence-corrected chi connectivity index (χ1v) is 10.1. The Hall–Kier alpha value is -0.870. The Bertz CT molecular complexity index is 599. The Labute approximate surface area is 158 Å². The third-order valence-electron chi connectivity index (χ3n) is 8.21. The molecule has 1 aliphatic heterocycles. The van der Waals surface area contributed by atoms with Gasteiger partial charge in [0.1, 0.15) is 11.7 Å². The predicted molar refractivity (Wildman–Crippen MR) is 102 cm³/mol. The Morgan fingerprint density at radius 3 is 2.38 bits per heavy atom. The lowest BCUT2D eigenvalue weighted by molar-refractivity contribution is -0.300. The molecule has 2 saturated carbocycles. The molecular formula is C22H36O4. The standard InChI is InChI=1S/C22H36O4/c1-8-20(5)11-9-15-21(6)12-10-17(24)19(3,4)16(21)13-18(25-14(2)23)22(15,7)26-20/h8,15-18,24H,1,9-13H2,2-7H3/t15-,16-,17+,18-,20+,21-,22+/m1/s1. The highest BCUT2D eigenvalue weighted by atomic mass is 16.6. The van der Waals surface area contributed by atoms with Gasteiger partial charge >= 0.3 is 5.97 Å². The molecule has 1 N–H and O–H groups in total. The van der Waals surface area contributed by atoms with E-state index in [1.54, 1.807) is 0 Å². The molecule has 7 atom stereocenters. The summed E-state index contributed by atoms with van der Waals surface area (Å²) in [5.74, 6) is 0.318. The molecule has 1 saturated heterocycles. The van der Waals surface area contributed by atoms with Crippen LogP contribution in [0.5, 0.6) is 0 Å². The molecule has 2 aliphatic carbocycles. The van der Waals surface area contributed by atoms with E-state index in [-0.39, 0.29) is 40.8 Å². The van der Waals surface area contributed by atoms with E-state index in [1.807, 2.05) is 6.08 Å². The van der Waals surface area contributed by atoms with E-state index in [0.29, 0.717) is 0 Å². The van der Waals surface area contributed by atoms with Gasteiger partial charge in [0.15, 0.2) is 0 Å². The van der Waals surface area contributed by atoms with Crippen molar-refractivity contribution < 1.29 is 19.4 Å². The number of aliphatic hydroxyl groups is 1. The number of fused-ring (bicyclic) bond motifs is 3. The van der Waals surface area contributed by atoms with Crippen LogP contribution in [-0.4, -0.2) is 34.5 Å². The molecule has 3 rings (SSSR count). The van der Waals surface area contributed by atoms with Crippen LogP contribution in [0, 0.1) is 22.7 Å². The second kappa shape index (κ2) is 6.07. The van der Waals surface area contributed by atoms with Gasteiger partial charge in [0.25, 0.3) is 0 Å². The maximum absolute atomic E-state index is 11.9. The van der Waals surface area contributed by atoms with Crippen LogP contribution in [0.3, 0.4) is 0 Å². The van der Waals surface area contributed by atoms with E-state index in [4.69, 9.17) is 9.47 Å². The Morgan fingerprint density at radius 2 is 1.81 bits per heavy atom. The largest absolute Gasteiger partial charge is 0.459 e. The maximum Gasteiger partial charge on any atom is 0.303 e. The highest BCUT2D eigenvalue weighted by molar-refractivity contribution is 5.66. The zero-order chi connectivity index (χ0) is 19.5. The quantitative estimate of drug-likeness (QED) is 0.588. The SMILES string of the molecule is C=C[C@@]1(C)CC[C@@H]2[C@@]3(C)CC[C@H](O)C(C)(C)[C@H]3C[C@@H](OC(C)=O)[C@@]2(C)O1. The van der Waals surface area contributed by atoms with Crippen molar-refractivity contribution in [2.45, 2.75) is 97.1 Å². The summed E-state index contributed by atoms with van der Waals surface area (Å²) in [5.41, 5.74) is -1.06. The summed E-state index contributed by atoms with van der Waals surface area (Å²) in [6, 6.07) is 0. The van der Waals surface area contributed by atoms with Crippen molar-refractivity contribution in [3.05, 3.63) is 12.7 Å². The Balaban J connectivity index is 2.07. The van der Waals surface area contributed by atoms with Gasteiger partial charge in [0, 0.05) is 6.92 Å². The summed E-state index contributed by atoms with van der Waals surface area (Å²) in [6.07, 6.45) is 5.78. The van der Waals surface area contributed by atoms with Gasteiger partial charge in [-0.25, -0.2) is 0 Å². The summed E-state index contributed by atoms with van der Waals surface area (Å²) in [7, 11) is 0. The van der Waals surface area contributed by atoms with Gasteiger partial charge in [0.05, 0.1) is 11.7 Å². The minimum Gasteiger partial charge on any atom is -0.459 e. The van der Waals surface area contributed by atoms with Gasteiger partial charge in [-0.3, -0.25) is 4.79 Å².